The lowest BCUT2D eigenvalue weighted by atomic mass is 9.81. The van der Waals surface area contributed by atoms with Gasteiger partial charge in [-0.1, -0.05) is 17.9 Å². The van der Waals surface area contributed by atoms with Gasteiger partial charge in [0.15, 0.2) is 11.4 Å². The Hall–Kier alpha value is -2.12. The van der Waals surface area contributed by atoms with E-state index in [4.69, 9.17) is 5.11 Å². The van der Waals surface area contributed by atoms with Crippen LogP contribution in [0.3, 0.4) is 0 Å². The largest absolute Gasteiger partial charge is 0.515 e. The van der Waals surface area contributed by atoms with Crippen LogP contribution >= 0.6 is 0 Å². The van der Waals surface area contributed by atoms with Crippen LogP contribution in [0.5, 0.6) is 0 Å². The molecule has 1 aliphatic carbocycles. The predicted molar refractivity (Wildman–Crippen MR) is 62.0 cm³/mol. The molecule has 0 heterocycles. The van der Waals surface area contributed by atoms with E-state index in [1.807, 2.05) is 0 Å². The van der Waals surface area contributed by atoms with Gasteiger partial charge in [0.2, 0.25) is 5.78 Å². The van der Waals surface area contributed by atoms with Crippen LogP contribution in [0.15, 0.2) is 35.6 Å². The second-order valence-electron chi connectivity index (χ2n) is 3.64. The van der Waals surface area contributed by atoms with Crippen LogP contribution in [0, 0.1) is 11.8 Å². The van der Waals surface area contributed by atoms with Crippen molar-refractivity contribution in [1.29, 1.82) is 0 Å². The highest BCUT2D eigenvalue weighted by atomic mass is 16.3. The molecule has 1 rings (SSSR count). The summed E-state index contributed by atoms with van der Waals surface area (Å²) in [7, 11) is 0. The molecule has 1 atom stereocenters. The second-order valence-corrected chi connectivity index (χ2v) is 3.64. The highest BCUT2D eigenvalue weighted by Gasteiger charge is 2.43. The average Bonchev–Trinajstić information content (AvgIpc) is 2.28. The molecule has 0 aliphatic heterocycles. The zero-order valence-electron chi connectivity index (χ0n) is 9.52. The van der Waals surface area contributed by atoms with E-state index in [0.29, 0.717) is 6.26 Å². The molecule has 0 unspecified atom stereocenters. The molecule has 88 valence electrons. The number of ketones is 2. The van der Waals surface area contributed by atoms with Gasteiger partial charge in [0.25, 0.3) is 0 Å². The summed E-state index contributed by atoms with van der Waals surface area (Å²) in [4.78, 5) is 23.2. The maximum absolute atomic E-state index is 11.7. The Morgan fingerprint density at radius 3 is 2.59 bits per heavy atom. The van der Waals surface area contributed by atoms with Crippen molar-refractivity contribution in [1.82, 2.24) is 0 Å². The molecule has 1 aliphatic rings. The fourth-order valence-electron chi connectivity index (χ4n) is 1.28. The fourth-order valence-corrected chi connectivity index (χ4v) is 1.28. The molecule has 0 bridgehead atoms. The van der Waals surface area contributed by atoms with Crippen molar-refractivity contribution in [3.63, 3.8) is 0 Å². The lowest BCUT2D eigenvalue weighted by Gasteiger charge is -2.24. The average molecular weight is 232 g/mol. The van der Waals surface area contributed by atoms with Crippen molar-refractivity contribution in [3.05, 3.63) is 35.6 Å². The third-order valence-corrected chi connectivity index (χ3v) is 2.32. The first-order valence-corrected chi connectivity index (χ1v) is 4.96. The third kappa shape index (κ3) is 2.35. The van der Waals surface area contributed by atoms with E-state index in [2.05, 4.69) is 11.8 Å². The molecule has 2 N–H and O–H groups in total. The molecule has 0 saturated heterocycles. The lowest BCUT2D eigenvalue weighted by molar-refractivity contribution is -0.144. The van der Waals surface area contributed by atoms with Crippen LogP contribution in [-0.2, 0) is 9.59 Å². The zero-order valence-corrected chi connectivity index (χ0v) is 9.52. The van der Waals surface area contributed by atoms with Crippen LogP contribution in [0.2, 0.25) is 0 Å². The molecule has 0 radical (unpaired) electrons. The molecule has 0 saturated carbocycles. The number of hydrogen-bond donors (Lipinski definition) is 2. The van der Waals surface area contributed by atoms with Gasteiger partial charge in [0.1, 0.15) is 0 Å². The minimum Gasteiger partial charge on any atom is -0.515 e. The Labute approximate surface area is 99.0 Å². The number of hydrogen-bond acceptors (Lipinski definition) is 4. The van der Waals surface area contributed by atoms with Crippen molar-refractivity contribution >= 4 is 11.6 Å². The SMILES string of the molecule is C/C=C/C#CC1=CC(=O)[C@@](C)(O)C(=O)/C1=C\O. The molecule has 0 aromatic carbocycles. The number of Topliss-reactive ketones (excluding diaryl/α,β-unsaturated/α-hetero) is 1. The van der Waals surface area contributed by atoms with E-state index < -0.39 is 17.2 Å². The van der Waals surface area contributed by atoms with Gasteiger partial charge in [-0.3, -0.25) is 9.59 Å². The van der Waals surface area contributed by atoms with Gasteiger partial charge in [-0.25, -0.2) is 0 Å². The quantitative estimate of drug-likeness (QED) is 0.281. The summed E-state index contributed by atoms with van der Waals surface area (Å²) >= 11 is 0. The Kier molecular flexibility index (Phi) is 3.66. The number of aliphatic hydroxyl groups is 2. The van der Waals surface area contributed by atoms with Crippen LogP contribution in [0.4, 0.5) is 0 Å². The van der Waals surface area contributed by atoms with Gasteiger partial charge in [-0.15, -0.1) is 0 Å². The summed E-state index contributed by atoms with van der Waals surface area (Å²) in [6.07, 6.45) is 4.84. The van der Waals surface area contributed by atoms with Crippen molar-refractivity contribution < 1.29 is 19.8 Å². The van der Waals surface area contributed by atoms with E-state index in [1.165, 1.54) is 6.08 Å². The summed E-state index contributed by atoms with van der Waals surface area (Å²) in [6, 6.07) is 0. The van der Waals surface area contributed by atoms with Gasteiger partial charge in [-0.2, -0.15) is 0 Å². The normalized spacial score (nSPS) is 27.0. The molecule has 0 spiro atoms. The van der Waals surface area contributed by atoms with E-state index >= 15 is 0 Å². The minimum absolute atomic E-state index is 0.104. The van der Waals surface area contributed by atoms with Gasteiger partial charge >= 0.3 is 0 Å². The van der Waals surface area contributed by atoms with Gasteiger partial charge in [0, 0.05) is 11.6 Å². The summed E-state index contributed by atoms with van der Waals surface area (Å²) in [6.45, 7) is 2.86. The Bertz CT molecular complexity index is 507. The minimum atomic E-state index is -2.12. The molecular weight excluding hydrogens is 220 g/mol. The summed E-state index contributed by atoms with van der Waals surface area (Å²) in [5.74, 6) is 3.58. The van der Waals surface area contributed by atoms with Crippen molar-refractivity contribution in [2.45, 2.75) is 19.4 Å². The molecule has 0 aromatic heterocycles. The molecule has 0 amide bonds. The van der Waals surface area contributed by atoms with E-state index in [1.54, 1.807) is 13.0 Å². The first-order chi connectivity index (χ1) is 7.95. The molecule has 17 heavy (non-hydrogen) atoms. The van der Waals surface area contributed by atoms with Gasteiger partial charge < -0.3 is 10.2 Å². The number of aliphatic hydroxyl groups excluding tert-OH is 1. The third-order valence-electron chi connectivity index (χ3n) is 2.32. The van der Waals surface area contributed by atoms with Crippen LogP contribution < -0.4 is 0 Å². The standard InChI is InChI=1S/C13H12O4/c1-3-4-5-6-9-7-11(15)13(2,17)12(16)10(9)8-14/h3-4,7-8,14,17H,1-2H3/b4-3+,10-8-/t13-/m1/s1. The second kappa shape index (κ2) is 4.81. The molecule has 0 aromatic rings. The number of rotatable bonds is 0. The number of allylic oxidation sites excluding steroid dienone is 3. The predicted octanol–water partition coefficient (Wildman–Crippen LogP) is 0.837. The van der Waals surface area contributed by atoms with E-state index in [0.717, 1.165) is 13.0 Å². The molecule has 4 nitrogen and oxygen atoms in total. The number of carbonyl (C=O) groups excluding carboxylic acids is 2. The maximum atomic E-state index is 11.7. The fraction of sp³-hybridized carbons (Fsp3) is 0.231. The number of carbonyl (C=O) groups is 2. The highest BCUT2D eigenvalue weighted by Crippen LogP contribution is 2.25. The topological polar surface area (TPSA) is 74.6 Å². The van der Waals surface area contributed by atoms with Crippen molar-refractivity contribution in [2.75, 3.05) is 0 Å². The Balaban J connectivity index is 3.29. The van der Waals surface area contributed by atoms with Crippen molar-refractivity contribution in [2.24, 2.45) is 0 Å². The Morgan fingerprint density at radius 2 is 2.06 bits per heavy atom. The van der Waals surface area contributed by atoms with Crippen LogP contribution in [0.1, 0.15) is 13.8 Å². The first-order valence-electron chi connectivity index (χ1n) is 4.96. The lowest BCUT2D eigenvalue weighted by Crippen LogP contribution is -2.46. The van der Waals surface area contributed by atoms with Gasteiger partial charge in [0.05, 0.1) is 11.8 Å². The molecular formula is C13H12O4. The van der Waals surface area contributed by atoms with Gasteiger partial charge in [-0.05, 0) is 19.9 Å². The first kappa shape index (κ1) is 12.9. The smallest absolute Gasteiger partial charge is 0.206 e. The summed E-state index contributed by atoms with van der Waals surface area (Å²) < 4.78 is 0. The zero-order chi connectivity index (χ0) is 13.1. The molecule has 4 heteroatoms. The monoisotopic (exact) mass is 232 g/mol. The van der Waals surface area contributed by atoms with Crippen LogP contribution in [-0.4, -0.2) is 27.4 Å². The van der Waals surface area contributed by atoms with E-state index in [9.17, 15) is 14.7 Å². The Morgan fingerprint density at radius 1 is 1.41 bits per heavy atom. The summed E-state index contributed by atoms with van der Waals surface area (Å²) in [5, 5.41) is 18.6. The maximum Gasteiger partial charge on any atom is 0.206 e. The van der Waals surface area contributed by atoms with E-state index in [-0.39, 0.29) is 11.1 Å². The molecule has 0 fully saturated rings. The highest BCUT2D eigenvalue weighted by molar-refractivity contribution is 6.25. The van der Waals surface area contributed by atoms with Crippen LogP contribution in [0.25, 0.3) is 0 Å². The van der Waals surface area contributed by atoms with Crippen molar-refractivity contribution in [3.8, 4) is 11.8 Å². The summed E-state index contributed by atoms with van der Waals surface area (Å²) in [5.41, 5.74) is -2.18.